The van der Waals surface area contributed by atoms with Gasteiger partial charge in [0, 0.05) is 12.0 Å². The topological polar surface area (TPSA) is 26.3 Å². The summed E-state index contributed by atoms with van der Waals surface area (Å²) >= 11 is 4.66. The van der Waals surface area contributed by atoms with E-state index in [0.717, 1.165) is 41.4 Å². The highest BCUT2D eigenvalue weighted by atomic mass is 32.1. The Morgan fingerprint density at radius 1 is 1.11 bits per heavy atom. The summed E-state index contributed by atoms with van der Waals surface area (Å²) in [7, 11) is 0. The van der Waals surface area contributed by atoms with Crippen LogP contribution in [0.5, 0.6) is 0 Å². The third kappa shape index (κ3) is 3.27. The van der Waals surface area contributed by atoms with Gasteiger partial charge in [-0.05, 0) is 31.4 Å². The van der Waals surface area contributed by atoms with E-state index < -0.39 is 0 Å². The van der Waals surface area contributed by atoms with Gasteiger partial charge in [0.05, 0.1) is 11.2 Å². The van der Waals surface area contributed by atoms with E-state index in [9.17, 15) is 0 Å². The fourth-order valence-electron chi connectivity index (χ4n) is 2.23. The molecule has 2 aromatic rings. The summed E-state index contributed by atoms with van der Waals surface area (Å²) in [5.74, 6) is 2.64. The number of thiol groups is 1. The monoisotopic (exact) mass is 278 g/mol. The van der Waals surface area contributed by atoms with E-state index in [-0.39, 0.29) is 0 Å². The first kappa shape index (κ1) is 14.3. The lowest BCUT2D eigenvalue weighted by molar-refractivity contribution is 0.480. The summed E-state index contributed by atoms with van der Waals surface area (Å²) in [5, 5.41) is 0. The number of hydrogen-bond acceptors (Lipinski definition) is 3. The normalized spacial score (nSPS) is 11.1. The van der Waals surface area contributed by atoms with Crippen LogP contribution in [0.1, 0.15) is 50.9 Å². The van der Waals surface area contributed by atoms with E-state index in [0.29, 0.717) is 0 Å². The standard InChI is InChI=1S/C16H22O2S/c1-3-5-8-12-13(9-6-4-2)18-15(16(12)19)14-10-7-11-17-14/h7,10-11,19H,3-6,8-9H2,1-2H3. The molecule has 0 spiro atoms. The van der Waals surface area contributed by atoms with Crippen LogP contribution in [0.25, 0.3) is 11.5 Å². The number of unbranched alkanes of at least 4 members (excludes halogenated alkanes) is 2. The largest absolute Gasteiger partial charge is 0.461 e. The van der Waals surface area contributed by atoms with Crippen LogP contribution in [0.3, 0.4) is 0 Å². The van der Waals surface area contributed by atoms with Crippen molar-refractivity contribution in [3.63, 3.8) is 0 Å². The van der Waals surface area contributed by atoms with Gasteiger partial charge in [-0.2, -0.15) is 0 Å². The van der Waals surface area contributed by atoms with E-state index in [1.165, 1.54) is 24.8 Å². The minimum Gasteiger partial charge on any atom is -0.461 e. The van der Waals surface area contributed by atoms with Crippen LogP contribution in [0, 0.1) is 0 Å². The quantitative estimate of drug-likeness (QED) is 0.675. The van der Waals surface area contributed by atoms with E-state index in [1.807, 2.05) is 12.1 Å². The highest BCUT2D eigenvalue weighted by Gasteiger charge is 2.19. The van der Waals surface area contributed by atoms with Crippen molar-refractivity contribution in [1.82, 2.24) is 0 Å². The Kier molecular flexibility index (Phi) is 5.20. The molecule has 0 aromatic carbocycles. The Balaban J connectivity index is 2.32. The van der Waals surface area contributed by atoms with E-state index in [4.69, 9.17) is 8.83 Å². The molecule has 19 heavy (non-hydrogen) atoms. The zero-order valence-corrected chi connectivity index (χ0v) is 12.6. The molecule has 0 aliphatic carbocycles. The first-order valence-electron chi connectivity index (χ1n) is 7.15. The minimum atomic E-state index is 0.769. The van der Waals surface area contributed by atoms with Crippen molar-refractivity contribution < 1.29 is 8.83 Å². The summed E-state index contributed by atoms with van der Waals surface area (Å²) < 4.78 is 11.5. The average molecular weight is 278 g/mol. The molecule has 0 amide bonds. The maximum absolute atomic E-state index is 6.02. The van der Waals surface area contributed by atoms with Crippen LogP contribution in [-0.2, 0) is 12.8 Å². The van der Waals surface area contributed by atoms with Crippen molar-refractivity contribution in [1.29, 1.82) is 0 Å². The SMILES string of the molecule is CCCCc1oc(-c2ccco2)c(S)c1CCCC. The Morgan fingerprint density at radius 2 is 1.84 bits per heavy atom. The summed E-state index contributed by atoms with van der Waals surface area (Å²) in [6, 6.07) is 3.80. The molecule has 2 aromatic heterocycles. The molecule has 3 heteroatoms. The zero-order valence-electron chi connectivity index (χ0n) is 11.7. The molecule has 2 heterocycles. The fraction of sp³-hybridized carbons (Fsp3) is 0.500. The third-order valence-corrected chi connectivity index (χ3v) is 3.82. The molecule has 0 unspecified atom stereocenters. The predicted octanol–water partition coefficient (Wildman–Crippen LogP) is 5.51. The molecule has 0 atom stereocenters. The van der Waals surface area contributed by atoms with Gasteiger partial charge in [-0.15, -0.1) is 12.6 Å². The molecule has 0 radical (unpaired) electrons. The second-order valence-corrected chi connectivity index (χ2v) is 5.31. The lowest BCUT2D eigenvalue weighted by atomic mass is 10.1. The Bertz CT molecular complexity index is 497. The average Bonchev–Trinajstić information content (AvgIpc) is 3.03. The van der Waals surface area contributed by atoms with Crippen LogP contribution in [-0.4, -0.2) is 0 Å². The van der Waals surface area contributed by atoms with Gasteiger partial charge in [-0.25, -0.2) is 0 Å². The second kappa shape index (κ2) is 6.90. The van der Waals surface area contributed by atoms with Crippen LogP contribution in [0.2, 0.25) is 0 Å². The van der Waals surface area contributed by atoms with Crippen molar-refractivity contribution in [3.8, 4) is 11.5 Å². The third-order valence-electron chi connectivity index (χ3n) is 3.35. The molecule has 2 nitrogen and oxygen atoms in total. The highest BCUT2D eigenvalue weighted by Crippen LogP contribution is 2.36. The molecule has 0 aliphatic heterocycles. The molecule has 104 valence electrons. The van der Waals surface area contributed by atoms with Crippen molar-refractivity contribution in [2.75, 3.05) is 0 Å². The first-order chi connectivity index (χ1) is 9.27. The molecule has 0 N–H and O–H groups in total. The molecule has 0 bridgehead atoms. The van der Waals surface area contributed by atoms with Crippen molar-refractivity contribution >= 4 is 12.6 Å². The van der Waals surface area contributed by atoms with Crippen molar-refractivity contribution in [3.05, 3.63) is 29.7 Å². The smallest absolute Gasteiger partial charge is 0.183 e. The van der Waals surface area contributed by atoms with Gasteiger partial charge in [0.15, 0.2) is 11.5 Å². The maximum Gasteiger partial charge on any atom is 0.183 e. The van der Waals surface area contributed by atoms with Crippen LogP contribution < -0.4 is 0 Å². The number of hydrogen-bond donors (Lipinski definition) is 1. The van der Waals surface area contributed by atoms with Gasteiger partial charge in [0.25, 0.3) is 0 Å². The lowest BCUT2D eigenvalue weighted by Crippen LogP contribution is -1.91. The predicted molar refractivity (Wildman–Crippen MR) is 80.9 cm³/mol. The zero-order chi connectivity index (χ0) is 13.7. The molecule has 0 saturated carbocycles. The molecular formula is C16H22O2S. The van der Waals surface area contributed by atoms with E-state index in [1.54, 1.807) is 6.26 Å². The van der Waals surface area contributed by atoms with Gasteiger partial charge in [-0.1, -0.05) is 26.7 Å². The van der Waals surface area contributed by atoms with Gasteiger partial charge in [0.2, 0.25) is 0 Å². The summed E-state index contributed by atoms with van der Waals surface area (Å²) in [6.07, 6.45) is 8.37. The summed E-state index contributed by atoms with van der Waals surface area (Å²) in [4.78, 5) is 0.953. The van der Waals surface area contributed by atoms with Gasteiger partial charge >= 0.3 is 0 Å². The Morgan fingerprint density at radius 3 is 2.47 bits per heavy atom. The van der Waals surface area contributed by atoms with Crippen molar-refractivity contribution in [2.45, 2.75) is 57.3 Å². The molecule has 2 rings (SSSR count). The molecular weight excluding hydrogens is 256 g/mol. The highest BCUT2D eigenvalue weighted by molar-refractivity contribution is 7.80. The van der Waals surface area contributed by atoms with Crippen LogP contribution in [0.15, 0.2) is 32.1 Å². The molecule has 0 saturated heterocycles. The van der Waals surface area contributed by atoms with Gasteiger partial charge in [-0.3, -0.25) is 0 Å². The Hall–Kier alpha value is -1.09. The van der Waals surface area contributed by atoms with E-state index in [2.05, 4.69) is 26.5 Å². The van der Waals surface area contributed by atoms with E-state index >= 15 is 0 Å². The lowest BCUT2D eigenvalue weighted by Gasteiger charge is -2.01. The summed E-state index contributed by atoms with van der Waals surface area (Å²) in [6.45, 7) is 4.40. The number of rotatable bonds is 7. The van der Waals surface area contributed by atoms with Gasteiger partial charge in [0.1, 0.15) is 5.76 Å². The fourth-order valence-corrected chi connectivity index (χ4v) is 2.62. The van der Waals surface area contributed by atoms with Crippen LogP contribution >= 0.6 is 12.6 Å². The van der Waals surface area contributed by atoms with Crippen LogP contribution in [0.4, 0.5) is 0 Å². The number of furan rings is 2. The molecule has 0 fully saturated rings. The number of aryl methyl sites for hydroxylation is 1. The summed E-state index contributed by atoms with van der Waals surface area (Å²) in [5.41, 5.74) is 1.27. The first-order valence-corrected chi connectivity index (χ1v) is 7.60. The molecule has 0 aliphatic rings. The van der Waals surface area contributed by atoms with Gasteiger partial charge < -0.3 is 8.83 Å². The second-order valence-electron chi connectivity index (χ2n) is 4.87. The Labute approximate surface area is 120 Å². The van der Waals surface area contributed by atoms with Crippen molar-refractivity contribution in [2.24, 2.45) is 0 Å². The maximum atomic E-state index is 6.02. The minimum absolute atomic E-state index is 0.769.